The molecular formula is C32H38Br2O12. The van der Waals surface area contributed by atoms with Crippen LogP contribution in [0.5, 0.6) is 0 Å². The van der Waals surface area contributed by atoms with Crippen molar-refractivity contribution in [3.63, 3.8) is 0 Å². The molecule has 6 fully saturated rings. The number of ether oxygens (including phenoxy) is 10. The molecule has 0 spiro atoms. The standard InChI is InChI=1S/C16H18O6.C8H8Br2.C8H12O6/c1-16-20-12-11-8-17-6-9-4-2-3-5-10(9)7-18-13(12)14(21-16)15(19-11)22-16;9-5-7-3-1-2-4-8(7)6-10;1-8-12-5-3(2-9)11-7(14-8)6(13-8)4(5)10/h2-5,11-15H,6-8H2,1H3;1-4H,5-6H2;3-7,9-10H,2H2,1H3/t11?,12-,13-,14?,15-,16?;;3?,4-,5-,6?,7-,8?/m1.1/s1. The molecule has 46 heavy (non-hydrogen) atoms. The minimum absolute atomic E-state index is 0.204. The smallest absolute Gasteiger partial charge is 0.283 e. The molecule has 2 aromatic carbocycles. The topological polar surface area (TPSA) is 133 Å². The number of fused-ring (bicyclic) bond motifs is 4. The molecule has 9 rings (SSSR count). The fourth-order valence-corrected chi connectivity index (χ4v) is 7.77. The van der Waals surface area contributed by atoms with Gasteiger partial charge in [-0.25, -0.2) is 0 Å². The van der Waals surface area contributed by atoms with E-state index >= 15 is 0 Å². The van der Waals surface area contributed by atoms with Gasteiger partial charge in [0.25, 0.3) is 11.9 Å². The fraction of sp³-hybridized carbons (Fsp3) is 0.625. The molecular weight excluding hydrogens is 736 g/mol. The van der Waals surface area contributed by atoms with Crippen LogP contribution in [0.4, 0.5) is 0 Å². The highest BCUT2D eigenvalue weighted by Gasteiger charge is 2.65. The van der Waals surface area contributed by atoms with E-state index in [0.717, 1.165) is 21.8 Å². The summed E-state index contributed by atoms with van der Waals surface area (Å²) in [5.74, 6) is -2.17. The first-order chi connectivity index (χ1) is 22.2. The monoisotopic (exact) mass is 772 g/mol. The van der Waals surface area contributed by atoms with E-state index in [4.69, 9.17) is 52.5 Å². The van der Waals surface area contributed by atoms with Gasteiger partial charge in [-0.2, -0.15) is 0 Å². The molecule has 8 bridgehead atoms. The Hall–Kier alpha value is -1.08. The minimum atomic E-state index is -1.14. The van der Waals surface area contributed by atoms with Gasteiger partial charge < -0.3 is 48.1 Å². The Morgan fingerprint density at radius 1 is 0.696 bits per heavy atom. The normalized spacial score (nSPS) is 42.7. The van der Waals surface area contributed by atoms with E-state index in [0.29, 0.717) is 19.8 Å². The summed E-state index contributed by atoms with van der Waals surface area (Å²) in [6.07, 6.45) is -4.47. The lowest BCUT2D eigenvalue weighted by molar-refractivity contribution is -0.387. The maximum absolute atomic E-state index is 9.78. The zero-order valence-electron chi connectivity index (χ0n) is 25.4. The number of hydrogen-bond donors (Lipinski definition) is 2. The molecule has 2 N–H and O–H groups in total. The highest BCUT2D eigenvalue weighted by atomic mass is 79.9. The van der Waals surface area contributed by atoms with Crippen LogP contribution in [0, 0.1) is 0 Å². The highest BCUT2D eigenvalue weighted by molar-refractivity contribution is 9.09. The van der Waals surface area contributed by atoms with E-state index in [1.807, 2.05) is 12.1 Å². The summed E-state index contributed by atoms with van der Waals surface area (Å²) in [7, 11) is 0. The Bertz CT molecular complexity index is 1340. The predicted octanol–water partition coefficient (Wildman–Crippen LogP) is 3.34. The zero-order valence-corrected chi connectivity index (χ0v) is 28.5. The van der Waals surface area contributed by atoms with Crippen LogP contribution >= 0.6 is 31.9 Å². The second kappa shape index (κ2) is 13.7. The van der Waals surface area contributed by atoms with E-state index in [-0.39, 0.29) is 31.0 Å². The predicted molar refractivity (Wildman–Crippen MR) is 165 cm³/mol. The zero-order chi connectivity index (χ0) is 32.1. The van der Waals surface area contributed by atoms with Crippen molar-refractivity contribution in [1.82, 2.24) is 0 Å². The van der Waals surface area contributed by atoms with Crippen LogP contribution in [0.25, 0.3) is 0 Å². The van der Waals surface area contributed by atoms with Gasteiger partial charge in [-0.1, -0.05) is 80.4 Å². The molecule has 2 aromatic rings. The quantitative estimate of drug-likeness (QED) is 0.444. The number of aliphatic hydroxyl groups excluding tert-OH is 2. The number of alkyl halides is 2. The maximum atomic E-state index is 9.78. The van der Waals surface area contributed by atoms with E-state index < -0.39 is 48.9 Å². The summed E-state index contributed by atoms with van der Waals surface area (Å²) in [4.78, 5) is 0. The van der Waals surface area contributed by atoms with E-state index in [1.54, 1.807) is 13.8 Å². The third kappa shape index (κ3) is 6.48. The molecule has 0 saturated carbocycles. The lowest BCUT2D eigenvalue weighted by Gasteiger charge is -2.45. The molecule has 7 heterocycles. The highest BCUT2D eigenvalue weighted by Crippen LogP contribution is 2.47. The number of rotatable bonds is 3. The van der Waals surface area contributed by atoms with Gasteiger partial charge in [-0.3, -0.25) is 9.47 Å². The van der Waals surface area contributed by atoms with Gasteiger partial charge >= 0.3 is 0 Å². The molecule has 252 valence electrons. The van der Waals surface area contributed by atoms with Crippen LogP contribution in [0.1, 0.15) is 36.1 Å². The van der Waals surface area contributed by atoms with E-state index in [1.165, 1.54) is 11.1 Å². The van der Waals surface area contributed by atoms with Gasteiger partial charge in [0.1, 0.15) is 48.8 Å². The van der Waals surface area contributed by atoms with Crippen molar-refractivity contribution in [2.45, 2.75) is 111 Å². The van der Waals surface area contributed by atoms with Crippen LogP contribution in [-0.4, -0.2) is 96.8 Å². The average molecular weight is 774 g/mol. The summed E-state index contributed by atoms with van der Waals surface area (Å²) < 4.78 is 56.9. The molecule has 7 aliphatic rings. The van der Waals surface area contributed by atoms with Crippen LogP contribution in [0.2, 0.25) is 0 Å². The first kappa shape index (κ1) is 33.4. The Morgan fingerprint density at radius 3 is 1.91 bits per heavy atom. The minimum Gasteiger partial charge on any atom is -0.394 e. The van der Waals surface area contributed by atoms with Crippen molar-refractivity contribution in [2.24, 2.45) is 0 Å². The second-order valence-corrected chi connectivity index (χ2v) is 13.3. The second-order valence-electron chi connectivity index (χ2n) is 12.1. The maximum Gasteiger partial charge on any atom is 0.283 e. The van der Waals surface area contributed by atoms with Gasteiger partial charge in [-0.05, 0) is 22.3 Å². The first-order valence-electron chi connectivity index (χ1n) is 15.3. The molecule has 6 unspecified atom stereocenters. The van der Waals surface area contributed by atoms with Crippen molar-refractivity contribution in [3.8, 4) is 0 Å². The molecule has 6 saturated heterocycles. The largest absolute Gasteiger partial charge is 0.394 e. The van der Waals surface area contributed by atoms with Crippen molar-refractivity contribution in [3.05, 3.63) is 70.8 Å². The SMILES string of the molecule is BrCc1ccccc1CBr.CC12OC3[C@H](OC(CO)[C@@H](O1)[C@H]3O)O2.CC12OC3[C@H](OC4COCc5ccccc5CO[C@@H]3[C@@H]4O1)O2. The number of halogens is 2. The number of hydrogen-bond acceptors (Lipinski definition) is 12. The Kier molecular flexibility index (Phi) is 9.93. The van der Waals surface area contributed by atoms with Crippen molar-refractivity contribution >= 4 is 31.9 Å². The molecule has 12 atom stereocenters. The van der Waals surface area contributed by atoms with Gasteiger partial charge in [-0.15, -0.1) is 0 Å². The van der Waals surface area contributed by atoms with E-state index in [9.17, 15) is 5.11 Å². The fourth-order valence-electron chi connectivity index (χ4n) is 6.68. The lowest BCUT2D eigenvalue weighted by Crippen LogP contribution is -2.62. The molecule has 0 amide bonds. The van der Waals surface area contributed by atoms with Crippen LogP contribution < -0.4 is 0 Å². The molecule has 12 nitrogen and oxygen atoms in total. The van der Waals surface area contributed by atoms with Crippen molar-refractivity contribution in [1.29, 1.82) is 0 Å². The summed E-state index contributed by atoms with van der Waals surface area (Å²) >= 11 is 6.86. The van der Waals surface area contributed by atoms with Gasteiger partial charge in [0.05, 0.1) is 26.4 Å². The third-order valence-electron chi connectivity index (χ3n) is 8.94. The lowest BCUT2D eigenvalue weighted by atomic mass is 9.97. The summed E-state index contributed by atoms with van der Waals surface area (Å²) in [5, 5.41) is 20.7. The molecule has 0 radical (unpaired) electrons. The van der Waals surface area contributed by atoms with Crippen molar-refractivity contribution in [2.75, 3.05) is 13.2 Å². The van der Waals surface area contributed by atoms with E-state index in [2.05, 4.69) is 68.3 Å². The molecule has 0 aromatic heterocycles. The Labute approximate surface area is 283 Å². The number of benzene rings is 2. The van der Waals surface area contributed by atoms with Gasteiger partial charge in [0, 0.05) is 24.5 Å². The Morgan fingerprint density at radius 2 is 1.26 bits per heavy atom. The van der Waals surface area contributed by atoms with Crippen molar-refractivity contribution < 1.29 is 57.6 Å². The molecule has 7 aliphatic heterocycles. The van der Waals surface area contributed by atoms with Crippen LogP contribution in [0.15, 0.2) is 48.5 Å². The Balaban J connectivity index is 0.000000121. The summed E-state index contributed by atoms with van der Waals surface area (Å²) in [6.45, 7) is 4.68. The van der Waals surface area contributed by atoms with Gasteiger partial charge in [0.15, 0.2) is 12.6 Å². The van der Waals surface area contributed by atoms with Crippen LogP contribution in [0.3, 0.4) is 0 Å². The third-order valence-corrected chi connectivity index (χ3v) is 10.2. The average Bonchev–Trinajstić information content (AvgIpc) is 3.38. The summed E-state index contributed by atoms with van der Waals surface area (Å²) in [6, 6.07) is 16.5. The number of aliphatic hydroxyl groups is 2. The molecule has 14 heteroatoms. The molecule has 0 aliphatic carbocycles. The summed E-state index contributed by atoms with van der Waals surface area (Å²) in [5.41, 5.74) is 4.99. The van der Waals surface area contributed by atoms with Gasteiger partial charge in [0.2, 0.25) is 0 Å². The van der Waals surface area contributed by atoms with Crippen LogP contribution in [-0.2, 0) is 71.2 Å². The first-order valence-corrected chi connectivity index (χ1v) is 17.6.